The zero-order valence-electron chi connectivity index (χ0n) is 25.8. The lowest BCUT2D eigenvalue weighted by Crippen LogP contribution is -2.43. The second-order valence-electron chi connectivity index (χ2n) is 11.3. The number of benzene rings is 1. The number of piperazine rings is 1. The van der Waals surface area contributed by atoms with Crippen molar-refractivity contribution in [2.75, 3.05) is 43.9 Å². The predicted molar refractivity (Wildman–Crippen MR) is 178 cm³/mol. The van der Waals surface area contributed by atoms with E-state index in [-0.39, 0.29) is 16.5 Å². The number of carbonyl (C=O) groups excluding carboxylic acids is 1. The summed E-state index contributed by atoms with van der Waals surface area (Å²) < 4.78 is 24.7. The average molecular weight is 666 g/mol. The number of nitrogens with zero attached hydrogens (tertiary/aromatic N) is 9. The molecule has 0 radical (unpaired) electrons. The number of hydrogen-bond donors (Lipinski definition) is 4. The van der Waals surface area contributed by atoms with Crippen LogP contribution in [0, 0.1) is 0 Å². The van der Waals surface area contributed by atoms with E-state index in [1.165, 1.54) is 30.2 Å². The van der Waals surface area contributed by atoms with Crippen molar-refractivity contribution in [3.8, 4) is 17.2 Å². The number of hydrogen-bond acceptors (Lipinski definition) is 12. The predicted octanol–water partition coefficient (Wildman–Crippen LogP) is 2.39. The Morgan fingerprint density at radius 1 is 0.938 bits per heavy atom. The number of primary sulfonamides is 1. The van der Waals surface area contributed by atoms with Gasteiger partial charge in [0.15, 0.2) is 11.3 Å². The standard InChI is InChI=1S/C31H31N13O3S/c1-42-10-12-43(13-11-42)18-20-2-4-22(5-3-20)39-30(45)27-26(17-38-41-27)40-28-24-8-9-44(29(24)37-19-36-28)31-34-14-21(15-35-31)25-7-6-23(16-33-25)48(32,46)47/h2-9,14-17,19H,10-13,18H2,1H3,(H,38,41)(H,39,45)(H2,32,46,47)(H,36,37,40). The second-order valence-corrected chi connectivity index (χ2v) is 12.9. The molecule has 0 bridgehead atoms. The average Bonchev–Trinajstić information content (AvgIpc) is 3.75. The fourth-order valence-electron chi connectivity index (χ4n) is 5.34. The summed E-state index contributed by atoms with van der Waals surface area (Å²) in [6.07, 6.45) is 9.08. The Kier molecular flexibility index (Phi) is 8.32. The van der Waals surface area contributed by atoms with Crippen molar-refractivity contribution < 1.29 is 13.2 Å². The van der Waals surface area contributed by atoms with E-state index in [1.807, 2.05) is 30.3 Å². The minimum absolute atomic E-state index is 0.0863. The number of anilines is 3. The number of sulfonamides is 1. The lowest BCUT2D eigenvalue weighted by molar-refractivity contribution is 0.102. The summed E-state index contributed by atoms with van der Waals surface area (Å²) in [5.41, 5.74) is 4.07. The van der Waals surface area contributed by atoms with Crippen LogP contribution in [0.2, 0.25) is 0 Å². The van der Waals surface area contributed by atoms with Gasteiger partial charge < -0.3 is 15.5 Å². The first kappa shape index (κ1) is 31.0. The van der Waals surface area contributed by atoms with Gasteiger partial charge in [-0.3, -0.25) is 24.3 Å². The zero-order chi connectivity index (χ0) is 33.3. The molecule has 5 aromatic heterocycles. The van der Waals surface area contributed by atoms with Crippen LogP contribution >= 0.6 is 0 Å². The quantitative estimate of drug-likeness (QED) is 0.176. The van der Waals surface area contributed by atoms with Gasteiger partial charge in [0, 0.05) is 75.0 Å². The molecule has 16 nitrogen and oxygen atoms in total. The molecule has 1 aliphatic heterocycles. The van der Waals surface area contributed by atoms with Crippen molar-refractivity contribution in [2.24, 2.45) is 5.14 Å². The third-order valence-corrected chi connectivity index (χ3v) is 8.92. The number of likely N-dealkylation sites (N-methyl/N-ethyl adjacent to an activating group) is 1. The smallest absolute Gasteiger partial charge is 0.278 e. The van der Waals surface area contributed by atoms with Gasteiger partial charge in [0.05, 0.1) is 16.8 Å². The second kappa shape index (κ2) is 12.9. The van der Waals surface area contributed by atoms with Crippen molar-refractivity contribution >= 4 is 44.2 Å². The normalized spacial score (nSPS) is 14.3. The number of aromatic nitrogens is 8. The largest absolute Gasteiger partial charge is 0.336 e. The van der Waals surface area contributed by atoms with Crippen LogP contribution in [0.1, 0.15) is 16.1 Å². The number of pyridine rings is 1. The summed E-state index contributed by atoms with van der Waals surface area (Å²) in [6.45, 7) is 5.07. The number of nitrogens with one attached hydrogen (secondary N) is 3. The topological polar surface area (TPSA) is 206 Å². The highest BCUT2D eigenvalue weighted by Crippen LogP contribution is 2.27. The number of nitrogens with two attached hydrogens (primary N) is 1. The van der Waals surface area contributed by atoms with Gasteiger partial charge in [0.1, 0.15) is 17.0 Å². The van der Waals surface area contributed by atoms with E-state index < -0.39 is 10.0 Å². The van der Waals surface area contributed by atoms with Crippen molar-refractivity contribution in [3.05, 3.63) is 91.0 Å². The van der Waals surface area contributed by atoms with Gasteiger partial charge in [-0.05, 0) is 42.9 Å². The molecule has 1 amide bonds. The third kappa shape index (κ3) is 6.60. The molecular formula is C31H31N13O3S. The number of aromatic amines is 1. The molecule has 0 unspecified atom stereocenters. The highest BCUT2D eigenvalue weighted by molar-refractivity contribution is 7.89. The maximum atomic E-state index is 13.2. The molecule has 5 N–H and O–H groups in total. The minimum atomic E-state index is -3.85. The number of carbonyl (C=O) groups is 1. The molecule has 1 fully saturated rings. The number of H-pyrrole nitrogens is 1. The monoisotopic (exact) mass is 665 g/mol. The molecule has 0 spiro atoms. The van der Waals surface area contributed by atoms with Gasteiger partial charge in [-0.1, -0.05) is 12.1 Å². The van der Waals surface area contributed by atoms with E-state index in [2.05, 4.69) is 62.6 Å². The van der Waals surface area contributed by atoms with Crippen molar-refractivity contribution in [1.82, 2.24) is 49.5 Å². The molecule has 48 heavy (non-hydrogen) atoms. The first-order chi connectivity index (χ1) is 23.2. The fourth-order valence-corrected chi connectivity index (χ4v) is 5.80. The molecular weight excluding hydrogens is 634 g/mol. The SMILES string of the molecule is CN1CCN(Cc2ccc(NC(=O)c3n[nH]cc3Nc3ncnc4c3ccn4-c3ncc(-c4ccc(S(N)(=O)=O)cn4)cn3)cc2)CC1. The van der Waals surface area contributed by atoms with Gasteiger partial charge in [-0.2, -0.15) is 5.10 Å². The molecule has 0 aliphatic carbocycles. The molecule has 1 aromatic carbocycles. The van der Waals surface area contributed by atoms with Gasteiger partial charge in [-0.15, -0.1) is 0 Å². The van der Waals surface area contributed by atoms with Crippen molar-refractivity contribution in [2.45, 2.75) is 11.4 Å². The summed E-state index contributed by atoms with van der Waals surface area (Å²) in [4.78, 5) is 39.8. The van der Waals surface area contributed by atoms with Crippen LogP contribution in [0.15, 0.2) is 84.7 Å². The van der Waals surface area contributed by atoms with E-state index in [4.69, 9.17) is 5.14 Å². The van der Waals surface area contributed by atoms with E-state index >= 15 is 0 Å². The zero-order valence-corrected chi connectivity index (χ0v) is 26.6. The van der Waals surface area contributed by atoms with Crippen LogP contribution in [0.5, 0.6) is 0 Å². The number of rotatable bonds is 9. The summed E-state index contributed by atoms with van der Waals surface area (Å²) in [5, 5.41) is 18.9. The Bertz CT molecular complexity index is 2170. The molecule has 1 saturated heterocycles. The molecule has 1 aliphatic rings. The molecule has 17 heteroatoms. The summed E-state index contributed by atoms with van der Waals surface area (Å²) >= 11 is 0. The van der Waals surface area contributed by atoms with Crippen LogP contribution in [0.3, 0.4) is 0 Å². The van der Waals surface area contributed by atoms with Gasteiger partial charge in [0.25, 0.3) is 5.91 Å². The first-order valence-corrected chi connectivity index (χ1v) is 16.5. The third-order valence-electron chi connectivity index (χ3n) is 8.02. The Hall–Kier alpha value is -5.62. The molecule has 0 atom stereocenters. The van der Waals surface area contributed by atoms with Gasteiger partial charge >= 0.3 is 0 Å². The summed E-state index contributed by atoms with van der Waals surface area (Å²) in [7, 11) is -1.71. The fraction of sp³-hybridized carbons (Fsp3) is 0.194. The summed E-state index contributed by atoms with van der Waals surface area (Å²) in [5.74, 6) is 0.423. The molecule has 6 heterocycles. The van der Waals surface area contributed by atoms with E-state index in [1.54, 1.807) is 29.4 Å². The highest BCUT2D eigenvalue weighted by Gasteiger charge is 2.19. The lowest BCUT2D eigenvalue weighted by atomic mass is 10.1. The van der Waals surface area contributed by atoms with E-state index in [0.29, 0.717) is 45.4 Å². The highest BCUT2D eigenvalue weighted by atomic mass is 32.2. The van der Waals surface area contributed by atoms with Crippen LogP contribution in [0.4, 0.5) is 17.2 Å². The Morgan fingerprint density at radius 2 is 1.71 bits per heavy atom. The van der Waals surface area contributed by atoms with Gasteiger partial charge in [-0.25, -0.2) is 33.5 Å². The molecule has 6 aromatic rings. The van der Waals surface area contributed by atoms with Crippen molar-refractivity contribution in [3.63, 3.8) is 0 Å². The maximum Gasteiger partial charge on any atom is 0.278 e. The Labute approximate surface area is 275 Å². The molecule has 244 valence electrons. The van der Waals surface area contributed by atoms with Crippen LogP contribution in [-0.2, 0) is 16.6 Å². The van der Waals surface area contributed by atoms with Crippen LogP contribution in [-0.4, -0.2) is 97.0 Å². The Balaban J connectivity index is 1.04. The molecule has 0 saturated carbocycles. The summed E-state index contributed by atoms with van der Waals surface area (Å²) in [6, 6.07) is 12.6. The minimum Gasteiger partial charge on any atom is -0.336 e. The van der Waals surface area contributed by atoms with Crippen LogP contribution in [0.25, 0.3) is 28.2 Å². The van der Waals surface area contributed by atoms with E-state index in [0.717, 1.165) is 32.7 Å². The van der Waals surface area contributed by atoms with Gasteiger partial charge in [0.2, 0.25) is 16.0 Å². The van der Waals surface area contributed by atoms with E-state index in [9.17, 15) is 13.2 Å². The van der Waals surface area contributed by atoms with Crippen LogP contribution < -0.4 is 15.8 Å². The number of amides is 1. The molecule has 7 rings (SSSR count). The van der Waals surface area contributed by atoms with Crippen molar-refractivity contribution in [1.29, 1.82) is 0 Å². The first-order valence-electron chi connectivity index (χ1n) is 15.0. The maximum absolute atomic E-state index is 13.2. The Morgan fingerprint density at radius 3 is 2.42 bits per heavy atom. The number of fused-ring (bicyclic) bond motifs is 1. The lowest BCUT2D eigenvalue weighted by Gasteiger charge is -2.32.